The number of benzene rings is 3. The summed E-state index contributed by atoms with van der Waals surface area (Å²) < 4.78 is 12.0. The van der Waals surface area contributed by atoms with Crippen LogP contribution in [0, 0.1) is 10.8 Å². The van der Waals surface area contributed by atoms with Crippen LogP contribution in [-0.2, 0) is 19.2 Å². The number of nitrogens with zero attached hydrogens (tertiary/aromatic N) is 4. The number of nitrogens with one attached hydrogen (secondary N) is 6. The van der Waals surface area contributed by atoms with Gasteiger partial charge in [-0.2, -0.15) is 0 Å². The van der Waals surface area contributed by atoms with Gasteiger partial charge in [-0.1, -0.05) is 102 Å². The van der Waals surface area contributed by atoms with Crippen molar-refractivity contribution in [3.63, 3.8) is 0 Å². The molecule has 2 saturated heterocycles. The number of amides is 6. The molecule has 18 nitrogen and oxygen atoms in total. The molecule has 4 heterocycles. The first-order valence-electron chi connectivity index (χ1n) is 24.5. The Balaban J connectivity index is 1.07. The fourth-order valence-corrected chi connectivity index (χ4v) is 8.94. The van der Waals surface area contributed by atoms with E-state index >= 15 is 0 Å². The van der Waals surface area contributed by atoms with E-state index in [1.54, 1.807) is 74.5 Å². The van der Waals surface area contributed by atoms with E-state index < -0.39 is 71.0 Å². The van der Waals surface area contributed by atoms with Crippen molar-refractivity contribution in [2.24, 2.45) is 10.8 Å². The van der Waals surface area contributed by atoms with Crippen LogP contribution in [0.25, 0.3) is 22.5 Å². The second kappa shape index (κ2) is 22.1. The zero-order chi connectivity index (χ0) is 52.1. The van der Waals surface area contributed by atoms with Gasteiger partial charge in [-0.3, -0.25) is 28.8 Å². The molecular weight excluding hydrogens is 917 g/mol. The molecule has 382 valence electrons. The lowest BCUT2D eigenvalue weighted by Crippen LogP contribution is -2.57. The number of likely N-dealkylation sites (tertiary alicyclic amines) is 2. The predicted octanol–water partition coefficient (Wildman–Crippen LogP) is 5.42. The van der Waals surface area contributed by atoms with Crippen molar-refractivity contribution in [3.05, 3.63) is 120 Å². The molecule has 0 spiro atoms. The standard InChI is InChI=1S/C54H68N10O8/c1-31(55-9)45(65)61-43(53(3,4)5)51(69)63-27-37(25-41(63)49-59-39(29-71-49)33-17-13-11-14-18-33)57-47(67)35-21-23-36(24-22-35)48(68)58-38-26-42(50-60-40(30-72-50)34-19-15-12-16-20-34)64(28-38)52(70)44(54(6,7)8)62-46(66)32(2)56-10/h11-24,29-32,37-38,41-44,55-56H,25-28H2,1-10H3,(H,57,67)(H,58,68)(H,61,65)(H,62,66)/t31-,32-,37-,38-,41-,42-,43+,44+/m0/s1. The molecule has 5 aromatic rings. The van der Waals surface area contributed by atoms with Crippen molar-refractivity contribution in [3.8, 4) is 22.5 Å². The van der Waals surface area contributed by atoms with Crippen molar-refractivity contribution >= 4 is 35.4 Å². The number of carbonyl (C=O) groups excluding carboxylic acids is 6. The minimum absolute atomic E-state index is 0.115. The lowest BCUT2D eigenvalue weighted by Gasteiger charge is -2.35. The van der Waals surface area contributed by atoms with Crippen molar-refractivity contribution < 1.29 is 37.6 Å². The van der Waals surface area contributed by atoms with Crippen LogP contribution in [-0.4, -0.2) is 119 Å². The highest BCUT2D eigenvalue weighted by Crippen LogP contribution is 2.38. The molecule has 0 aliphatic carbocycles. The van der Waals surface area contributed by atoms with Gasteiger partial charge in [0.15, 0.2) is 0 Å². The first-order chi connectivity index (χ1) is 34.2. The van der Waals surface area contributed by atoms with Crippen molar-refractivity contribution in [1.29, 1.82) is 0 Å². The third-order valence-corrected chi connectivity index (χ3v) is 13.5. The summed E-state index contributed by atoms with van der Waals surface area (Å²) in [6.45, 7) is 14.9. The smallest absolute Gasteiger partial charge is 0.251 e. The second-order valence-electron chi connectivity index (χ2n) is 20.9. The molecule has 3 aromatic carbocycles. The number of rotatable bonds is 16. The van der Waals surface area contributed by atoms with Crippen LogP contribution in [0.15, 0.2) is 106 Å². The Kier molecular flexibility index (Phi) is 16.1. The largest absolute Gasteiger partial charge is 0.446 e. The minimum atomic E-state index is -0.909. The second-order valence-corrected chi connectivity index (χ2v) is 20.9. The summed E-state index contributed by atoms with van der Waals surface area (Å²) in [4.78, 5) is 96.1. The van der Waals surface area contributed by atoms with Crippen LogP contribution in [0.5, 0.6) is 0 Å². The maximum Gasteiger partial charge on any atom is 0.251 e. The van der Waals surface area contributed by atoms with Gasteiger partial charge in [0.25, 0.3) is 11.8 Å². The quantitative estimate of drug-likeness (QED) is 0.0728. The molecular formula is C54H68N10O8. The van der Waals surface area contributed by atoms with Gasteiger partial charge in [0.1, 0.15) is 48.1 Å². The summed E-state index contributed by atoms with van der Waals surface area (Å²) in [6, 6.07) is 20.0. The lowest BCUT2D eigenvalue weighted by atomic mass is 9.85. The molecule has 0 unspecified atom stereocenters. The van der Waals surface area contributed by atoms with Gasteiger partial charge in [-0.15, -0.1) is 0 Å². The molecule has 18 heteroatoms. The van der Waals surface area contributed by atoms with Crippen LogP contribution in [0.1, 0.15) is 113 Å². The van der Waals surface area contributed by atoms with Crippen LogP contribution in [0.4, 0.5) is 0 Å². The van der Waals surface area contributed by atoms with E-state index in [-0.39, 0.29) is 60.7 Å². The van der Waals surface area contributed by atoms with E-state index in [1.807, 2.05) is 102 Å². The van der Waals surface area contributed by atoms with Crippen molar-refractivity contribution in [2.75, 3.05) is 27.2 Å². The normalized spacial score (nSPS) is 19.8. The fourth-order valence-electron chi connectivity index (χ4n) is 8.94. The maximum atomic E-state index is 14.6. The Bertz CT molecular complexity index is 2530. The summed E-state index contributed by atoms with van der Waals surface area (Å²) in [5, 5.41) is 17.9. The Hall–Kier alpha value is -7.18. The molecule has 0 saturated carbocycles. The molecule has 7 rings (SSSR count). The highest BCUT2D eigenvalue weighted by molar-refractivity contribution is 5.98. The van der Waals surface area contributed by atoms with Crippen LogP contribution < -0.4 is 31.9 Å². The van der Waals surface area contributed by atoms with Gasteiger partial charge >= 0.3 is 0 Å². The Morgan fingerprint density at radius 1 is 0.556 bits per heavy atom. The van der Waals surface area contributed by atoms with Gasteiger partial charge < -0.3 is 50.5 Å². The molecule has 0 bridgehead atoms. The molecule has 2 fully saturated rings. The molecule has 6 N–H and O–H groups in total. The number of oxazole rings is 2. The topological polar surface area (TPSA) is 233 Å². The zero-order valence-corrected chi connectivity index (χ0v) is 42.7. The van der Waals surface area contributed by atoms with Gasteiger partial charge in [0, 0.05) is 47.4 Å². The van der Waals surface area contributed by atoms with Crippen molar-refractivity contribution in [2.45, 2.75) is 117 Å². The predicted molar refractivity (Wildman–Crippen MR) is 271 cm³/mol. The highest BCUT2D eigenvalue weighted by atomic mass is 16.3. The lowest BCUT2D eigenvalue weighted by molar-refractivity contribution is -0.141. The average Bonchev–Trinajstić information content (AvgIpc) is 4.21. The molecule has 2 aliphatic heterocycles. The number of likely N-dealkylation sites (N-methyl/N-ethyl adjacent to an activating group) is 2. The Morgan fingerprint density at radius 3 is 1.22 bits per heavy atom. The molecule has 2 aromatic heterocycles. The number of hydrogen-bond donors (Lipinski definition) is 6. The van der Waals surface area contributed by atoms with Gasteiger partial charge in [-0.05, 0) is 75.9 Å². The monoisotopic (exact) mass is 985 g/mol. The van der Waals surface area contributed by atoms with Gasteiger partial charge in [0.2, 0.25) is 35.4 Å². The maximum absolute atomic E-state index is 14.6. The van der Waals surface area contributed by atoms with Gasteiger partial charge in [-0.25, -0.2) is 9.97 Å². The number of hydrogen-bond acceptors (Lipinski definition) is 12. The third-order valence-electron chi connectivity index (χ3n) is 13.5. The summed E-state index contributed by atoms with van der Waals surface area (Å²) >= 11 is 0. The van der Waals surface area contributed by atoms with Crippen LogP contribution in [0.2, 0.25) is 0 Å². The van der Waals surface area contributed by atoms with E-state index in [4.69, 9.17) is 18.8 Å². The van der Waals surface area contributed by atoms with Gasteiger partial charge in [0.05, 0.1) is 12.1 Å². The summed E-state index contributed by atoms with van der Waals surface area (Å²) in [5.74, 6) is -1.57. The van der Waals surface area contributed by atoms with Crippen LogP contribution >= 0.6 is 0 Å². The SMILES string of the molecule is CN[C@@H](C)C(=O)N[C@H](C(=O)N1C[C@@H](NC(=O)c2ccc(C(=O)N[C@H]3C[C@@H](c4nc(-c5ccccc5)co4)N(C(=O)[C@@H](NC(=O)[C@H](C)NC)C(C)(C)C)C3)cc2)C[C@H]1c1nc(-c2ccccc2)co1)C(C)(C)C. The Labute approximate surface area is 420 Å². The number of aromatic nitrogens is 2. The first-order valence-corrected chi connectivity index (χ1v) is 24.5. The van der Waals surface area contributed by atoms with E-state index in [0.717, 1.165) is 11.1 Å². The van der Waals surface area contributed by atoms with E-state index in [2.05, 4.69) is 31.9 Å². The summed E-state index contributed by atoms with van der Waals surface area (Å²) in [5.41, 5.74) is 2.09. The van der Waals surface area contributed by atoms with Crippen molar-refractivity contribution in [1.82, 2.24) is 51.7 Å². The molecule has 2 aliphatic rings. The summed E-state index contributed by atoms with van der Waals surface area (Å²) in [6.07, 6.45) is 3.66. The number of carbonyl (C=O) groups is 6. The van der Waals surface area contributed by atoms with E-state index in [0.29, 0.717) is 23.2 Å². The first kappa shape index (κ1) is 52.6. The zero-order valence-electron chi connectivity index (χ0n) is 42.7. The third kappa shape index (κ3) is 12.1. The molecule has 6 amide bonds. The fraction of sp³-hybridized carbons (Fsp3) is 0.444. The Morgan fingerprint density at radius 2 is 0.903 bits per heavy atom. The minimum Gasteiger partial charge on any atom is -0.446 e. The average molecular weight is 985 g/mol. The summed E-state index contributed by atoms with van der Waals surface area (Å²) in [7, 11) is 3.34. The van der Waals surface area contributed by atoms with E-state index in [9.17, 15) is 28.8 Å². The highest BCUT2D eigenvalue weighted by Gasteiger charge is 2.47. The van der Waals surface area contributed by atoms with E-state index in [1.165, 1.54) is 0 Å². The molecule has 0 radical (unpaired) electrons. The molecule has 72 heavy (non-hydrogen) atoms. The molecule has 8 atom stereocenters. The van der Waals surface area contributed by atoms with Crippen LogP contribution in [0.3, 0.4) is 0 Å².